The van der Waals surface area contributed by atoms with Gasteiger partial charge in [-0.25, -0.2) is 4.79 Å². The van der Waals surface area contributed by atoms with Gasteiger partial charge in [0, 0.05) is 18.6 Å². The lowest BCUT2D eigenvalue weighted by atomic mass is 10.2. The molecule has 0 unspecified atom stereocenters. The topological polar surface area (TPSA) is 52.6 Å². The van der Waals surface area contributed by atoms with Gasteiger partial charge in [0.25, 0.3) is 0 Å². The molecule has 0 saturated heterocycles. The second kappa shape index (κ2) is 6.48. The normalized spacial score (nSPS) is 10.2. The van der Waals surface area contributed by atoms with E-state index < -0.39 is 11.9 Å². The fourth-order valence-electron chi connectivity index (χ4n) is 1.21. The van der Waals surface area contributed by atoms with Gasteiger partial charge in [-0.3, -0.25) is 4.79 Å². The number of hydrogen-bond donors (Lipinski definition) is 0. The Labute approximate surface area is 99.8 Å². The molecular weight excluding hydrogens is 220 g/mol. The Balaban J connectivity index is 2.83. The molecule has 0 aliphatic heterocycles. The zero-order valence-electron chi connectivity index (χ0n) is 9.80. The molecule has 1 rings (SSSR count). The van der Waals surface area contributed by atoms with Gasteiger partial charge in [-0.05, 0) is 19.1 Å². The predicted octanol–water partition coefficient (Wildman–Crippen LogP) is 2.19. The molecule has 4 nitrogen and oxygen atoms in total. The molecule has 1 aromatic carbocycles. The lowest BCUT2D eigenvalue weighted by molar-refractivity contribution is -0.137. The van der Waals surface area contributed by atoms with E-state index in [0.29, 0.717) is 17.9 Å². The number of para-hydroxylation sites is 1. The SMILES string of the molecule is CCOC(=O)/C=C/c1ccccc1OC(C)=O. The number of carbonyl (C=O) groups excluding carboxylic acids is 2. The maximum Gasteiger partial charge on any atom is 0.330 e. The van der Waals surface area contributed by atoms with Crippen molar-refractivity contribution >= 4 is 18.0 Å². The summed E-state index contributed by atoms with van der Waals surface area (Å²) in [5.41, 5.74) is 0.649. The van der Waals surface area contributed by atoms with Crippen molar-refractivity contribution in [3.63, 3.8) is 0 Å². The first-order valence-electron chi connectivity index (χ1n) is 5.25. The van der Waals surface area contributed by atoms with E-state index >= 15 is 0 Å². The van der Waals surface area contributed by atoms with Crippen molar-refractivity contribution in [3.8, 4) is 5.75 Å². The number of hydrogen-bond acceptors (Lipinski definition) is 4. The minimum atomic E-state index is -0.426. The minimum Gasteiger partial charge on any atom is -0.463 e. The first-order chi connectivity index (χ1) is 8.13. The lowest BCUT2D eigenvalue weighted by Crippen LogP contribution is -2.03. The molecule has 17 heavy (non-hydrogen) atoms. The minimum absolute atomic E-state index is 0.328. The standard InChI is InChI=1S/C13H14O4/c1-3-16-13(15)9-8-11-6-4-5-7-12(11)17-10(2)14/h4-9H,3H2,1-2H3/b9-8+. The number of ether oxygens (including phenoxy) is 2. The fraction of sp³-hybridized carbons (Fsp3) is 0.231. The first kappa shape index (κ1) is 13.0. The fourth-order valence-corrected chi connectivity index (χ4v) is 1.21. The van der Waals surface area contributed by atoms with Crippen LogP contribution in [0.4, 0.5) is 0 Å². The van der Waals surface area contributed by atoms with E-state index in [1.54, 1.807) is 37.3 Å². The lowest BCUT2D eigenvalue weighted by Gasteiger charge is -2.04. The largest absolute Gasteiger partial charge is 0.463 e. The molecule has 90 valence electrons. The monoisotopic (exact) mass is 234 g/mol. The van der Waals surface area contributed by atoms with Crippen LogP contribution in [0.15, 0.2) is 30.3 Å². The Morgan fingerprint density at radius 1 is 1.29 bits per heavy atom. The highest BCUT2D eigenvalue weighted by atomic mass is 16.5. The number of carbonyl (C=O) groups is 2. The zero-order chi connectivity index (χ0) is 12.7. The summed E-state index contributed by atoms with van der Waals surface area (Å²) in [5, 5.41) is 0. The van der Waals surface area contributed by atoms with Gasteiger partial charge in [0.05, 0.1) is 6.61 Å². The summed E-state index contributed by atoms with van der Waals surface area (Å²) in [4.78, 5) is 22.0. The van der Waals surface area contributed by atoms with Crippen molar-refractivity contribution in [1.29, 1.82) is 0 Å². The van der Waals surface area contributed by atoms with E-state index in [2.05, 4.69) is 0 Å². The van der Waals surface area contributed by atoms with E-state index in [0.717, 1.165) is 0 Å². The smallest absolute Gasteiger partial charge is 0.330 e. The van der Waals surface area contributed by atoms with Crippen molar-refractivity contribution < 1.29 is 19.1 Å². The molecule has 0 radical (unpaired) electrons. The molecule has 0 spiro atoms. The Morgan fingerprint density at radius 3 is 2.65 bits per heavy atom. The van der Waals surface area contributed by atoms with E-state index in [-0.39, 0.29) is 0 Å². The van der Waals surface area contributed by atoms with Gasteiger partial charge in [-0.1, -0.05) is 18.2 Å². The summed E-state index contributed by atoms with van der Waals surface area (Å²) < 4.78 is 9.75. The van der Waals surface area contributed by atoms with Crippen LogP contribution in [0.25, 0.3) is 6.08 Å². The summed E-state index contributed by atoms with van der Waals surface area (Å²) in [6.45, 7) is 3.39. The molecule has 0 aliphatic carbocycles. The van der Waals surface area contributed by atoms with Crippen LogP contribution in [0.2, 0.25) is 0 Å². The van der Waals surface area contributed by atoms with Crippen LogP contribution < -0.4 is 4.74 Å². The predicted molar refractivity (Wildman–Crippen MR) is 63.4 cm³/mol. The maximum absolute atomic E-state index is 11.1. The molecule has 0 heterocycles. The van der Waals surface area contributed by atoms with Gasteiger partial charge in [0.2, 0.25) is 0 Å². The number of rotatable bonds is 4. The molecule has 0 N–H and O–H groups in total. The molecule has 0 saturated carbocycles. The number of benzene rings is 1. The molecule has 0 aromatic heterocycles. The molecule has 1 aromatic rings. The van der Waals surface area contributed by atoms with Gasteiger partial charge in [-0.2, -0.15) is 0 Å². The quantitative estimate of drug-likeness (QED) is 0.455. The third-order valence-electron chi connectivity index (χ3n) is 1.86. The van der Waals surface area contributed by atoms with Crippen LogP contribution in [-0.4, -0.2) is 18.5 Å². The molecule has 0 bridgehead atoms. The Kier molecular flexibility index (Phi) is 4.94. The van der Waals surface area contributed by atoms with Crippen molar-refractivity contribution in [3.05, 3.63) is 35.9 Å². The van der Waals surface area contributed by atoms with E-state index in [4.69, 9.17) is 9.47 Å². The van der Waals surface area contributed by atoms with Gasteiger partial charge in [-0.15, -0.1) is 0 Å². The van der Waals surface area contributed by atoms with Crippen molar-refractivity contribution in [2.75, 3.05) is 6.61 Å². The maximum atomic E-state index is 11.1. The Hall–Kier alpha value is -2.10. The highest BCUT2D eigenvalue weighted by Crippen LogP contribution is 2.19. The average Bonchev–Trinajstić information content (AvgIpc) is 2.27. The third-order valence-corrected chi connectivity index (χ3v) is 1.86. The Bertz CT molecular complexity index is 435. The first-order valence-corrected chi connectivity index (χ1v) is 5.25. The highest BCUT2D eigenvalue weighted by molar-refractivity contribution is 5.87. The molecule has 4 heteroatoms. The summed E-state index contributed by atoms with van der Waals surface area (Å²) >= 11 is 0. The van der Waals surface area contributed by atoms with Crippen LogP contribution in [0.3, 0.4) is 0 Å². The second-order valence-corrected chi connectivity index (χ2v) is 3.22. The van der Waals surface area contributed by atoms with Crippen LogP contribution in [-0.2, 0) is 14.3 Å². The number of esters is 2. The summed E-state index contributed by atoms with van der Waals surface area (Å²) in [6.07, 6.45) is 2.85. The summed E-state index contributed by atoms with van der Waals surface area (Å²) in [6, 6.07) is 6.94. The van der Waals surface area contributed by atoms with Crippen molar-refractivity contribution in [1.82, 2.24) is 0 Å². The van der Waals surface area contributed by atoms with Crippen LogP contribution in [0, 0.1) is 0 Å². The zero-order valence-corrected chi connectivity index (χ0v) is 9.80. The van der Waals surface area contributed by atoms with Gasteiger partial charge in [0.15, 0.2) is 0 Å². The van der Waals surface area contributed by atoms with Crippen molar-refractivity contribution in [2.45, 2.75) is 13.8 Å². The van der Waals surface area contributed by atoms with E-state index in [1.807, 2.05) is 0 Å². The van der Waals surface area contributed by atoms with Crippen LogP contribution in [0.1, 0.15) is 19.4 Å². The molecular formula is C13H14O4. The van der Waals surface area contributed by atoms with E-state index in [1.165, 1.54) is 13.0 Å². The average molecular weight is 234 g/mol. The van der Waals surface area contributed by atoms with E-state index in [9.17, 15) is 9.59 Å². The second-order valence-electron chi connectivity index (χ2n) is 3.22. The van der Waals surface area contributed by atoms with Crippen molar-refractivity contribution in [2.24, 2.45) is 0 Å². The van der Waals surface area contributed by atoms with Gasteiger partial charge in [0.1, 0.15) is 5.75 Å². The Morgan fingerprint density at radius 2 is 2.00 bits per heavy atom. The highest BCUT2D eigenvalue weighted by Gasteiger charge is 2.03. The van der Waals surface area contributed by atoms with Crippen LogP contribution >= 0.6 is 0 Å². The molecule has 0 amide bonds. The third kappa shape index (κ3) is 4.51. The van der Waals surface area contributed by atoms with Gasteiger partial charge >= 0.3 is 11.9 Å². The van der Waals surface area contributed by atoms with Crippen LogP contribution in [0.5, 0.6) is 5.75 Å². The molecule has 0 atom stereocenters. The van der Waals surface area contributed by atoms with Gasteiger partial charge < -0.3 is 9.47 Å². The molecule has 0 aliphatic rings. The summed E-state index contributed by atoms with van der Waals surface area (Å²) in [7, 11) is 0. The molecule has 0 fully saturated rings. The summed E-state index contributed by atoms with van der Waals surface area (Å²) in [5.74, 6) is -0.410.